The van der Waals surface area contributed by atoms with E-state index < -0.39 is 10.0 Å². The summed E-state index contributed by atoms with van der Waals surface area (Å²) in [7, 11) is -3.50. The molecule has 1 heterocycles. The molecule has 1 aliphatic heterocycles. The zero-order valence-electron chi connectivity index (χ0n) is 9.73. The predicted octanol–water partition coefficient (Wildman–Crippen LogP) is 1.35. The number of rotatable bonds is 4. The van der Waals surface area contributed by atoms with Crippen LogP contribution in [0, 0.1) is 5.92 Å². The standard InChI is InChI=1S/C11H15BrN2O3S/c12-10-5-9(13)1-2-11(10)18(15,16)14-6-8-3-4-17-7-8/h1-2,5,8,14H,3-4,6-7,13H2. The van der Waals surface area contributed by atoms with Crippen molar-refractivity contribution in [3.63, 3.8) is 0 Å². The molecule has 1 saturated heterocycles. The molecule has 100 valence electrons. The average molecular weight is 335 g/mol. The number of anilines is 1. The number of sulfonamides is 1. The van der Waals surface area contributed by atoms with Crippen LogP contribution < -0.4 is 10.5 Å². The Morgan fingerprint density at radius 1 is 1.50 bits per heavy atom. The Hall–Kier alpha value is -0.630. The lowest BCUT2D eigenvalue weighted by atomic mass is 10.1. The van der Waals surface area contributed by atoms with Crippen LogP contribution in [0.2, 0.25) is 0 Å². The fourth-order valence-electron chi connectivity index (χ4n) is 1.78. The number of nitrogen functional groups attached to an aromatic ring is 1. The molecule has 3 N–H and O–H groups in total. The molecule has 0 saturated carbocycles. The normalized spacial score (nSPS) is 20.2. The van der Waals surface area contributed by atoms with Gasteiger partial charge in [-0.2, -0.15) is 0 Å². The van der Waals surface area contributed by atoms with Crippen LogP contribution in [0.1, 0.15) is 6.42 Å². The summed E-state index contributed by atoms with van der Waals surface area (Å²) in [5.41, 5.74) is 6.10. The van der Waals surface area contributed by atoms with E-state index in [1.165, 1.54) is 6.07 Å². The molecule has 1 unspecified atom stereocenters. The summed E-state index contributed by atoms with van der Waals surface area (Å²) < 4.78 is 32.5. The summed E-state index contributed by atoms with van der Waals surface area (Å²) >= 11 is 3.21. The lowest BCUT2D eigenvalue weighted by Gasteiger charge is -2.11. The van der Waals surface area contributed by atoms with Crippen molar-refractivity contribution >= 4 is 31.6 Å². The summed E-state index contributed by atoms with van der Waals surface area (Å²) in [6.45, 7) is 1.72. The number of hydrogen-bond acceptors (Lipinski definition) is 4. The van der Waals surface area contributed by atoms with E-state index in [0.29, 0.717) is 29.9 Å². The van der Waals surface area contributed by atoms with Crippen molar-refractivity contribution in [2.45, 2.75) is 11.3 Å². The Labute approximate surface area is 115 Å². The molecule has 1 aliphatic rings. The molecule has 0 radical (unpaired) electrons. The average Bonchev–Trinajstić information content (AvgIpc) is 2.78. The van der Waals surface area contributed by atoms with Crippen LogP contribution in [0.25, 0.3) is 0 Å². The van der Waals surface area contributed by atoms with Crippen LogP contribution >= 0.6 is 15.9 Å². The SMILES string of the molecule is Nc1ccc(S(=O)(=O)NCC2CCOC2)c(Br)c1. The molecule has 0 bridgehead atoms. The minimum absolute atomic E-state index is 0.204. The Bertz CT molecular complexity index is 527. The first kappa shape index (κ1) is 13.8. The summed E-state index contributed by atoms with van der Waals surface area (Å²) in [6.07, 6.45) is 0.894. The highest BCUT2D eigenvalue weighted by Gasteiger charge is 2.21. The Balaban J connectivity index is 2.09. The first-order valence-electron chi connectivity index (χ1n) is 5.61. The number of halogens is 1. The summed E-state index contributed by atoms with van der Waals surface area (Å²) in [4.78, 5) is 0.204. The number of ether oxygens (including phenoxy) is 1. The molecule has 7 heteroatoms. The third kappa shape index (κ3) is 3.23. The molecule has 1 aromatic carbocycles. The zero-order chi connectivity index (χ0) is 13.2. The zero-order valence-corrected chi connectivity index (χ0v) is 12.1. The van der Waals surface area contributed by atoms with E-state index in [4.69, 9.17) is 10.5 Å². The molecule has 0 aromatic heterocycles. The molecule has 2 rings (SSSR count). The van der Waals surface area contributed by atoms with Gasteiger partial charge in [-0.1, -0.05) is 0 Å². The van der Waals surface area contributed by atoms with Gasteiger partial charge in [0.15, 0.2) is 0 Å². The van der Waals surface area contributed by atoms with E-state index in [1.54, 1.807) is 12.1 Å². The van der Waals surface area contributed by atoms with Crippen molar-refractivity contribution in [1.82, 2.24) is 4.72 Å². The molecule has 5 nitrogen and oxygen atoms in total. The molecule has 1 atom stereocenters. The minimum Gasteiger partial charge on any atom is -0.399 e. The van der Waals surface area contributed by atoms with E-state index in [2.05, 4.69) is 20.7 Å². The van der Waals surface area contributed by atoms with Gasteiger partial charge in [-0.25, -0.2) is 13.1 Å². The van der Waals surface area contributed by atoms with Gasteiger partial charge in [0, 0.05) is 23.3 Å². The van der Waals surface area contributed by atoms with E-state index in [-0.39, 0.29) is 10.8 Å². The number of hydrogen-bond donors (Lipinski definition) is 2. The molecule has 0 amide bonds. The second kappa shape index (κ2) is 5.56. The molecule has 0 spiro atoms. The van der Waals surface area contributed by atoms with E-state index in [9.17, 15) is 8.42 Å². The highest BCUT2D eigenvalue weighted by molar-refractivity contribution is 9.10. The highest BCUT2D eigenvalue weighted by atomic mass is 79.9. The second-order valence-corrected chi connectivity index (χ2v) is 6.86. The van der Waals surface area contributed by atoms with E-state index in [1.807, 2.05) is 0 Å². The second-order valence-electron chi connectivity index (χ2n) is 4.27. The van der Waals surface area contributed by atoms with Crippen LogP contribution in [0.4, 0.5) is 5.69 Å². The van der Waals surface area contributed by atoms with Crippen LogP contribution in [0.15, 0.2) is 27.6 Å². The first-order valence-corrected chi connectivity index (χ1v) is 7.89. The molecule has 1 aromatic rings. The number of nitrogens with two attached hydrogens (primary N) is 1. The van der Waals surface area contributed by atoms with Crippen LogP contribution in [-0.4, -0.2) is 28.2 Å². The summed E-state index contributed by atoms with van der Waals surface area (Å²) in [5.74, 6) is 0.257. The van der Waals surface area contributed by atoms with Crippen molar-refractivity contribution in [2.24, 2.45) is 5.92 Å². The smallest absolute Gasteiger partial charge is 0.241 e. The highest BCUT2D eigenvalue weighted by Crippen LogP contribution is 2.24. The topological polar surface area (TPSA) is 81.4 Å². The fourth-order valence-corrected chi connectivity index (χ4v) is 3.99. The Kier molecular flexibility index (Phi) is 4.26. The number of benzene rings is 1. The van der Waals surface area contributed by atoms with Crippen LogP contribution in [0.5, 0.6) is 0 Å². The van der Waals surface area contributed by atoms with E-state index >= 15 is 0 Å². The quantitative estimate of drug-likeness (QED) is 0.814. The minimum atomic E-state index is -3.50. The van der Waals surface area contributed by atoms with Gasteiger partial charge >= 0.3 is 0 Å². The summed E-state index contributed by atoms with van der Waals surface area (Å²) in [5, 5.41) is 0. The van der Waals surface area contributed by atoms with Crippen molar-refractivity contribution in [3.05, 3.63) is 22.7 Å². The molecular weight excluding hydrogens is 320 g/mol. The van der Waals surface area contributed by atoms with Crippen molar-refractivity contribution < 1.29 is 13.2 Å². The largest absolute Gasteiger partial charge is 0.399 e. The third-order valence-corrected chi connectivity index (χ3v) is 5.23. The van der Waals surface area contributed by atoms with Crippen LogP contribution in [0.3, 0.4) is 0 Å². The van der Waals surface area contributed by atoms with Gasteiger partial charge in [0.1, 0.15) is 0 Å². The Morgan fingerprint density at radius 3 is 2.89 bits per heavy atom. The molecular formula is C11H15BrN2O3S. The molecule has 0 aliphatic carbocycles. The lowest BCUT2D eigenvalue weighted by molar-refractivity contribution is 0.186. The Morgan fingerprint density at radius 2 is 2.28 bits per heavy atom. The third-order valence-electron chi connectivity index (χ3n) is 2.83. The fraction of sp³-hybridized carbons (Fsp3) is 0.455. The number of nitrogens with one attached hydrogen (secondary N) is 1. The first-order chi connectivity index (χ1) is 8.49. The van der Waals surface area contributed by atoms with Gasteiger partial charge in [0.05, 0.1) is 11.5 Å². The van der Waals surface area contributed by atoms with Crippen molar-refractivity contribution in [3.8, 4) is 0 Å². The van der Waals surface area contributed by atoms with Gasteiger partial charge in [0.2, 0.25) is 10.0 Å². The van der Waals surface area contributed by atoms with Crippen molar-refractivity contribution in [1.29, 1.82) is 0 Å². The molecule has 18 heavy (non-hydrogen) atoms. The molecule has 1 fully saturated rings. The van der Waals surface area contributed by atoms with Gasteiger partial charge < -0.3 is 10.5 Å². The summed E-state index contributed by atoms with van der Waals surface area (Å²) in [6, 6.07) is 4.64. The van der Waals surface area contributed by atoms with Crippen molar-refractivity contribution in [2.75, 3.05) is 25.5 Å². The maximum Gasteiger partial charge on any atom is 0.241 e. The maximum atomic E-state index is 12.1. The van der Waals surface area contributed by atoms with Gasteiger partial charge in [-0.05, 0) is 46.5 Å². The lowest BCUT2D eigenvalue weighted by Crippen LogP contribution is -2.29. The monoisotopic (exact) mass is 334 g/mol. The predicted molar refractivity (Wildman–Crippen MR) is 72.7 cm³/mol. The maximum absolute atomic E-state index is 12.1. The van der Waals surface area contributed by atoms with E-state index in [0.717, 1.165) is 6.42 Å². The van der Waals surface area contributed by atoms with Gasteiger partial charge in [0.25, 0.3) is 0 Å². The van der Waals surface area contributed by atoms with Gasteiger partial charge in [-0.15, -0.1) is 0 Å². The van der Waals surface area contributed by atoms with Gasteiger partial charge in [-0.3, -0.25) is 0 Å². The van der Waals surface area contributed by atoms with Crippen LogP contribution in [-0.2, 0) is 14.8 Å².